The van der Waals surface area contributed by atoms with E-state index in [0.29, 0.717) is 4.47 Å². The summed E-state index contributed by atoms with van der Waals surface area (Å²) in [5, 5.41) is 8.64. The minimum absolute atomic E-state index is 0.0560. The lowest BCUT2D eigenvalue weighted by Crippen LogP contribution is -2.29. The van der Waals surface area contributed by atoms with Gasteiger partial charge < -0.3 is 5.11 Å². The Balaban J connectivity index is 3.10. The Kier molecular flexibility index (Phi) is 5.15. The second-order valence-corrected chi connectivity index (χ2v) is 6.76. The van der Waals surface area contributed by atoms with Gasteiger partial charge in [-0.05, 0) is 28.1 Å². The van der Waals surface area contributed by atoms with Gasteiger partial charge in [0.1, 0.15) is 4.90 Å². The summed E-state index contributed by atoms with van der Waals surface area (Å²) >= 11 is 8.99. The zero-order valence-electron chi connectivity index (χ0n) is 9.43. The summed E-state index contributed by atoms with van der Waals surface area (Å²) in [6.45, 7) is -0.116. The largest absolute Gasteiger partial charge is 0.481 e. The smallest absolute Gasteiger partial charge is 0.304 e. The Morgan fingerprint density at radius 2 is 2.11 bits per heavy atom. The second-order valence-electron chi connectivity index (χ2n) is 3.52. The van der Waals surface area contributed by atoms with Gasteiger partial charge in [0.2, 0.25) is 10.0 Å². The zero-order chi connectivity index (χ0) is 13.9. The van der Waals surface area contributed by atoms with E-state index in [4.69, 9.17) is 16.7 Å². The van der Waals surface area contributed by atoms with Crippen molar-refractivity contribution in [1.29, 1.82) is 0 Å². The number of aliphatic carboxylic acids is 1. The SMILES string of the molecule is CN(CCC(=O)O)S(=O)(=O)c1c(Cl)cccc1Br. The molecule has 0 radical (unpaired) electrons. The minimum atomic E-state index is -3.80. The third-order valence-electron chi connectivity index (χ3n) is 2.23. The fourth-order valence-electron chi connectivity index (χ4n) is 1.26. The van der Waals surface area contributed by atoms with Crippen LogP contribution in [0, 0.1) is 0 Å². The summed E-state index contributed by atoms with van der Waals surface area (Å²) in [7, 11) is -2.49. The number of halogens is 2. The number of hydrogen-bond donors (Lipinski definition) is 1. The molecule has 0 atom stereocenters. The molecule has 1 rings (SSSR count). The van der Waals surface area contributed by atoms with Gasteiger partial charge in [0, 0.05) is 18.1 Å². The summed E-state index contributed by atoms with van der Waals surface area (Å²) < 4.78 is 25.7. The minimum Gasteiger partial charge on any atom is -0.481 e. The van der Waals surface area contributed by atoms with Crippen LogP contribution in [-0.4, -0.2) is 37.4 Å². The van der Waals surface area contributed by atoms with Gasteiger partial charge >= 0.3 is 5.97 Å². The highest BCUT2D eigenvalue weighted by molar-refractivity contribution is 9.10. The average molecular weight is 357 g/mol. The van der Waals surface area contributed by atoms with E-state index >= 15 is 0 Å². The highest BCUT2D eigenvalue weighted by Gasteiger charge is 2.26. The summed E-state index contributed by atoms with van der Waals surface area (Å²) in [5.74, 6) is -1.06. The van der Waals surface area contributed by atoms with Gasteiger partial charge in [0.25, 0.3) is 0 Å². The van der Waals surface area contributed by atoms with Crippen molar-refractivity contribution in [3.05, 3.63) is 27.7 Å². The van der Waals surface area contributed by atoms with Gasteiger partial charge in [-0.2, -0.15) is 0 Å². The maximum atomic E-state index is 12.2. The van der Waals surface area contributed by atoms with Crippen molar-refractivity contribution in [1.82, 2.24) is 4.31 Å². The number of sulfonamides is 1. The fraction of sp³-hybridized carbons (Fsp3) is 0.300. The first-order valence-electron chi connectivity index (χ1n) is 4.89. The number of carboxylic acid groups (broad SMARTS) is 1. The van der Waals surface area contributed by atoms with Gasteiger partial charge in [-0.1, -0.05) is 17.7 Å². The summed E-state index contributed by atoms with van der Waals surface area (Å²) in [4.78, 5) is 10.4. The molecule has 0 aliphatic carbocycles. The first-order valence-corrected chi connectivity index (χ1v) is 7.50. The van der Waals surface area contributed by atoms with Crippen molar-refractivity contribution in [2.45, 2.75) is 11.3 Å². The molecule has 8 heteroatoms. The number of nitrogens with zero attached hydrogens (tertiary/aromatic N) is 1. The van der Waals surface area contributed by atoms with Crippen LogP contribution < -0.4 is 0 Å². The molecule has 0 unspecified atom stereocenters. The number of hydrogen-bond acceptors (Lipinski definition) is 3. The number of carboxylic acids is 1. The van der Waals surface area contributed by atoms with Crippen molar-refractivity contribution >= 4 is 43.5 Å². The predicted octanol–water partition coefficient (Wildman–Crippen LogP) is 2.20. The molecule has 0 aliphatic heterocycles. The predicted molar refractivity (Wildman–Crippen MR) is 71.2 cm³/mol. The van der Waals surface area contributed by atoms with Crippen LogP contribution in [0.25, 0.3) is 0 Å². The first kappa shape index (κ1) is 15.4. The van der Waals surface area contributed by atoms with Crippen LogP contribution >= 0.6 is 27.5 Å². The molecule has 0 saturated carbocycles. The van der Waals surface area contributed by atoms with Crippen LogP contribution in [0.2, 0.25) is 5.02 Å². The van der Waals surface area contributed by atoms with Crippen LogP contribution in [0.3, 0.4) is 0 Å². The molecule has 5 nitrogen and oxygen atoms in total. The molecule has 0 amide bonds. The summed E-state index contributed by atoms with van der Waals surface area (Å²) in [6.07, 6.45) is -0.266. The van der Waals surface area contributed by atoms with E-state index < -0.39 is 16.0 Å². The normalized spacial score (nSPS) is 11.8. The maximum absolute atomic E-state index is 12.2. The lowest BCUT2D eigenvalue weighted by molar-refractivity contribution is -0.137. The Morgan fingerprint density at radius 1 is 1.50 bits per heavy atom. The molecular weight excluding hydrogens is 346 g/mol. The molecule has 0 heterocycles. The highest BCUT2D eigenvalue weighted by atomic mass is 79.9. The van der Waals surface area contributed by atoms with E-state index in [1.54, 1.807) is 12.1 Å². The molecule has 0 aliphatic rings. The summed E-state index contributed by atoms with van der Waals surface area (Å²) in [6, 6.07) is 4.64. The van der Waals surface area contributed by atoms with E-state index in [1.807, 2.05) is 0 Å². The topological polar surface area (TPSA) is 74.7 Å². The third-order valence-corrected chi connectivity index (χ3v) is 5.54. The molecule has 0 bridgehead atoms. The molecule has 0 aromatic heterocycles. The van der Waals surface area contributed by atoms with E-state index in [-0.39, 0.29) is 22.9 Å². The molecule has 1 aromatic carbocycles. The molecule has 1 aromatic rings. The number of carbonyl (C=O) groups is 1. The standard InChI is InChI=1S/C10H11BrClNO4S/c1-13(6-5-9(14)15)18(16,17)10-7(11)3-2-4-8(10)12/h2-4H,5-6H2,1H3,(H,14,15). The van der Waals surface area contributed by atoms with Crippen molar-refractivity contribution in [2.75, 3.05) is 13.6 Å². The van der Waals surface area contributed by atoms with Crippen LogP contribution in [0.15, 0.2) is 27.6 Å². The highest BCUT2D eigenvalue weighted by Crippen LogP contribution is 2.31. The molecule has 1 N–H and O–H groups in total. The van der Waals surface area contributed by atoms with Gasteiger partial charge in [0.05, 0.1) is 11.4 Å². The van der Waals surface area contributed by atoms with Crippen molar-refractivity contribution in [2.24, 2.45) is 0 Å². The fourth-order valence-corrected chi connectivity index (χ4v) is 4.09. The first-order chi connectivity index (χ1) is 8.26. The second kappa shape index (κ2) is 6.01. The van der Waals surface area contributed by atoms with E-state index in [2.05, 4.69) is 15.9 Å². The average Bonchev–Trinajstić information content (AvgIpc) is 2.25. The van der Waals surface area contributed by atoms with Crippen LogP contribution in [0.4, 0.5) is 0 Å². The lowest BCUT2D eigenvalue weighted by Gasteiger charge is -2.18. The van der Waals surface area contributed by atoms with Crippen molar-refractivity contribution < 1.29 is 18.3 Å². The van der Waals surface area contributed by atoms with Crippen LogP contribution in [0.5, 0.6) is 0 Å². The van der Waals surface area contributed by atoms with Gasteiger partial charge in [0.15, 0.2) is 0 Å². The maximum Gasteiger partial charge on any atom is 0.304 e. The quantitative estimate of drug-likeness (QED) is 0.877. The number of benzene rings is 1. The van der Waals surface area contributed by atoms with E-state index in [1.165, 1.54) is 13.1 Å². The molecule has 0 spiro atoms. The van der Waals surface area contributed by atoms with Gasteiger partial charge in [-0.25, -0.2) is 12.7 Å². The van der Waals surface area contributed by atoms with Crippen molar-refractivity contribution in [3.63, 3.8) is 0 Å². The zero-order valence-corrected chi connectivity index (χ0v) is 12.6. The third kappa shape index (κ3) is 3.44. The van der Waals surface area contributed by atoms with Crippen LogP contribution in [0.1, 0.15) is 6.42 Å². The van der Waals surface area contributed by atoms with Gasteiger partial charge in [-0.15, -0.1) is 0 Å². The molecule has 100 valence electrons. The Morgan fingerprint density at radius 3 is 2.61 bits per heavy atom. The Bertz CT molecular complexity index is 541. The molecule has 0 fully saturated rings. The van der Waals surface area contributed by atoms with Gasteiger partial charge in [-0.3, -0.25) is 4.79 Å². The van der Waals surface area contributed by atoms with Crippen LogP contribution in [-0.2, 0) is 14.8 Å². The Hall–Kier alpha value is -0.630. The molecule has 18 heavy (non-hydrogen) atoms. The van der Waals surface area contributed by atoms with E-state index in [0.717, 1.165) is 4.31 Å². The number of rotatable bonds is 5. The molecular formula is C10H11BrClNO4S. The Labute approximate surface area is 119 Å². The van der Waals surface area contributed by atoms with E-state index in [9.17, 15) is 13.2 Å². The monoisotopic (exact) mass is 355 g/mol. The summed E-state index contributed by atoms with van der Waals surface area (Å²) in [5.41, 5.74) is 0. The lowest BCUT2D eigenvalue weighted by atomic mass is 10.4. The van der Waals surface area contributed by atoms with Crippen molar-refractivity contribution in [3.8, 4) is 0 Å². The molecule has 0 saturated heterocycles.